The molecule has 4 aliphatic rings. The summed E-state index contributed by atoms with van der Waals surface area (Å²) < 4.78 is 10.8. The van der Waals surface area contributed by atoms with Gasteiger partial charge in [0.05, 0.1) is 0 Å². The summed E-state index contributed by atoms with van der Waals surface area (Å²) in [5.41, 5.74) is 1.31. The molecule has 1 heterocycles. The van der Waals surface area contributed by atoms with Crippen LogP contribution in [0.5, 0.6) is 11.5 Å². The lowest BCUT2D eigenvalue weighted by atomic mass is 9.79. The number of hydrogen-bond donors (Lipinski definition) is 1. The Kier molecular flexibility index (Phi) is 2.72. The highest BCUT2D eigenvalue weighted by Crippen LogP contribution is 2.58. The number of nitrogens with one attached hydrogen (secondary N) is 1. The highest BCUT2D eigenvalue weighted by molar-refractivity contribution is 5.44. The van der Waals surface area contributed by atoms with Crippen LogP contribution < -0.4 is 14.8 Å². The summed E-state index contributed by atoms with van der Waals surface area (Å²) in [6.45, 7) is 1.32. The molecular formula is C18H23NO2. The minimum Gasteiger partial charge on any atom is -0.454 e. The van der Waals surface area contributed by atoms with Gasteiger partial charge < -0.3 is 14.8 Å². The Morgan fingerprint density at radius 2 is 1.90 bits per heavy atom. The van der Waals surface area contributed by atoms with Crippen molar-refractivity contribution in [2.24, 2.45) is 23.7 Å². The number of ether oxygens (including phenoxy) is 2. The average Bonchev–Trinajstić information content (AvgIpc) is 3.24. The highest BCUT2D eigenvalue weighted by Gasteiger charge is 2.53. The summed E-state index contributed by atoms with van der Waals surface area (Å²) in [5, 5.41) is 3.84. The van der Waals surface area contributed by atoms with E-state index in [0.717, 1.165) is 47.8 Å². The molecule has 1 N–H and O–H groups in total. The van der Waals surface area contributed by atoms with Gasteiger partial charge in [-0.3, -0.25) is 0 Å². The van der Waals surface area contributed by atoms with Crippen LogP contribution in [0, 0.1) is 23.7 Å². The number of benzene rings is 1. The molecule has 3 saturated carbocycles. The molecule has 1 aromatic rings. The van der Waals surface area contributed by atoms with Crippen molar-refractivity contribution in [1.29, 1.82) is 0 Å². The van der Waals surface area contributed by atoms with E-state index < -0.39 is 0 Å². The monoisotopic (exact) mass is 285 g/mol. The van der Waals surface area contributed by atoms with E-state index in [2.05, 4.69) is 17.4 Å². The molecule has 0 aromatic heterocycles. The first kappa shape index (κ1) is 12.3. The molecule has 2 unspecified atom stereocenters. The molecule has 2 bridgehead atoms. The Morgan fingerprint density at radius 3 is 2.90 bits per heavy atom. The van der Waals surface area contributed by atoms with Crippen molar-refractivity contribution in [2.75, 3.05) is 6.79 Å². The van der Waals surface area contributed by atoms with Crippen molar-refractivity contribution in [3.8, 4) is 11.5 Å². The molecule has 5 rings (SSSR count). The van der Waals surface area contributed by atoms with Gasteiger partial charge in [-0.25, -0.2) is 0 Å². The quantitative estimate of drug-likeness (QED) is 0.924. The fourth-order valence-electron chi connectivity index (χ4n) is 5.60. The lowest BCUT2D eigenvalue weighted by Crippen LogP contribution is -2.38. The average molecular weight is 285 g/mol. The van der Waals surface area contributed by atoms with E-state index in [1.807, 2.05) is 6.07 Å². The summed E-state index contributed by atoms with van der Waals surface area (Å²) in [4.78, 5) is 0. The Bertz CT molecular complexity index is 558. The Hall–Kier alpha value is -1.22. The second-order valence-corrected chi connectivity index (χ2v) is 7.33. The van der Waals surface area contributed by atoms with E-state index in [9.17, 15) is 0 Å². The van der Waals surface area contributed by atoms with Gasteiger partial charge in [0.1, 0.15) is 0 Å². The van der Waals surface area contributed by atoms with Crippen LogP contribution in [0.3, 0.4) is 0 Å². The fourth-order valence-corrected chi connectivity index (χ4v) is 5.60. The second-order valence-electron chi connectivity index (χ2n) is 7.33. The van der Waals surface area contributed by atoms with Crippen LogP contribution in [0.25, 0.3) is 0 Å². The Labute approximate surface area is 126 Å². The van der Waals surface area contributed by atoms with Gasteiger partial charge in [-0.1, -0.05) is 12.5 Å². The third kappa shape index (κ3) is 1.90. The van der Waals surface area contributed by atoms with E-state index in [1.165, 1.54) is 37.7 Å². The topological polar surface area (TPSA) is 30.5 Å². The third-order valence-electron chi connectivity index (χ3n) is 6.43. The maximum atomic E-state index is 5.47. The number of hydrogen-bond acceptors (Lipinski definition) is 3. The zero-order chi connectivity index (χ0) is 13.8. The van der Waals surface area contributed by atoms with E-state index in [0.29, 0.717) is 6.79 Å². The maximum absolute atomic E-state index is 5.47. The molecule has 112 valence electrons. The first-order valence-electron chi connectivity index (χ1n) is 8.50. The van der Waals surface area contributed by atoms with E-state index in [4.69, 9.17) is 9.47 Å². The predicted molar refractivity (Wildman–Crippen MR) is 80.2 cm³/mol. The molecule has 3 fully saturated rings. The Balaban J connectivity index is 1.25. The SMILES string of the molecule is c1cc2c(cc1CN[C@@H]1CC3CC1[C@@H]1CCC[C@H]31)OCO2. The molecule has 3 aliphatic carbocycles. The van der Waals surface area contributed by atoms with Gasteiger partial charge in [0.25, 0.3) is 0 Å². The zero-order valence-corrected chi connectivity index (χ0v) is 12.4. The smallest absolute Gasteiger partial charge is 0.231 e. The zero-order valence-electron chi connectivity index (χ0n) is 12.4. The summed E-state index contributed by atoms with van der Waals surface area (Å²) in [6, 6.07) is 7.07. The van der Waals surface area contributed by atoms with Crippen molar-refractivity contribution >= 4 is 0 Å². The maximum Gasteiger partial charge on any atom is 0.231 e. The molecule has 0 saturated heterocycles. The van der Waals surface area contributed by atoms with Crippen molar-refractivity contribution < 1.29 is 9.47 Å². The molecule has 0 amide bonds. The van der Waals surface area contributed by atoms with E-state index in [-0.39, 0.29) is 0 Å². The van der Waals surface area contributed by atoms with Crippen LogP contribution in [0.1, 0.15) is 37.7 Å². The van der Waals surface area contributed by atoms with E-state index >= 15 is 0 Å². The van der Waals surface area contributed by atoms with Crippen LogP contribution in [-0.2, 0) is 6.54 Å². The third-order valence-corrected chi connectivity index (χ3v) is 6.43. The second kappa shape index (κ2) is 4.64. The van der Waals surface area contributed by atoms with Crippen LogP contribution in [0.4, 0.5) is 0 Å². The molecule has 0 radical (unpaired) electrons. The van der Waals surface area contributed by atoms with Gasteiger partial charge in [0.2, 0.25) is 6.79 Å². The van der Waals surface area contributed by atoms with Gasteiger partial charge in [0, 0.05) is 12.6 Å². The first-order chi connectivity index (χ1) is 10.4. The Morgan fingerprint density at radius 1 is 1.00 bits per heavy atom. The molecule has 1 aromatic carbocycles. The molecule has 3 nitrogen and oxygen atoms in total. The van der Waals surface area contributed by atoms with Crippen LogP contribution in [0.2, 0.25) is 0 Å². The molecule has 1 aliphatic heterocycles. The molecular weight excluding hydrogens is 262 g/mol. The van der Waals surface area contributed by atoms with Crippen molar-refractivity contribution in [1.82, 2.24) is 5.32 Å². The van der Waals surface area contributed by atoms with Crippen molar-refractivity contribution in [2.45, 2.75) is 44.7 Å². The molecule has 0 spiro atoms. The normalized spacial score (nSPS) is 39.0. The van der Waals surface area contributed by atoms with Gasteiger partial charge in [-0.2, -0.15) is 0 Å². The number of rotatable bonds is 3. The van der Waals surface area contributed by atoms with Crippen molar-refractivity contribution in [3.63, 3.8) is 0 Å². The first-order valence-corrected chi connectivity index (χ1v) is 8.50. The number of fused-ring (bicyclic) bond motifs is 6. The molecule has 3 heteroatoms. The summed E-state index contributed by atoms with van der Waals surface area (Å²) in [5.74, 6) is 5.88. The van der Waals surface area contributed by atoms with Crippen molar-refractivity contribution in [3.05, 3.63) is 23.8 Å². The van der Waals surface area contributed by atoms with Gasteiger partial charge in [-0.15, -0.1) is 0 Å². The largest absolute Gasteiger partial charge is 0.454 e. The van der Waals surface area contributed by atoms with Crippen LogP contribution >= 0.6 is 0 Å². The fraction of sp³-hybridized carbons (Fsp3) is 0.667. The summed E-state index contributed by atoms with van der Waals surface area (Å²) in [6.07, 6.45) is 7.40. The summed E-state index contributed by atoms with van der Waals surface area (Å²) >= 11 is 0. The predicted octanol–water partition coefficient (Wildman–Crippen LogP) is 3.33. The van der Waals surface area contributed by atoms with Crippen LogP contribution in [-0.4, -0.2) is 12.8 Å². The molecule has 5 atom stereocenters. The van der Waals surface area contributed by atoms with Gasteiger partial charge in [-0.05, 0) is 67.1 Å². The van der Waals surface area contributed by atoms with Gasteiger partial charge in [0.15, 0.2) is 11.5 Å². The molecule has 21 heavy (non-hydrogen) atoms. The lowest BCUT2D eigenvalue weighted by Gasteiger charge is -2.32. The lowest BCUT2D eigenvalue weighted by molar-refractivity contribution is 0.174. The van der Waals surface area contributed by atoms with Gasteiger partial charge >= 0.3 is 0 Å². The standard InChI is InChI=1S/C18H23NO2/c1-2-13-12-7-15(14(13)3-1)16(8-12)19-9-11-4-5-17-18(6-11)21-10-20-17/h4-6,12-16,19H,1-3,7-10H2/t12?,13-,14-,15?,16-/m1/s1. The minimum absolute atomic E-state index is 0.363. The summed E-state index contributed by atoms with van der Waals surface area (Å²) in [7, 11) is 0. The van der Waals surface area contributed by atoms with Crippen LogP contribution in [0.15, 0.2) is 18.2 Å². The highest BCUT2D eigenvalue weighted by atomic mass is 16.7. The van der Waals surface area contributed by atoms with E-state index in [1.54, 1.807) is 0 Å². The minimum atomic E-state index is 0.363.